The third-order valence-corrected chi connectivity index (χ3v) is 11.6. The Morgan fingerprint density at radius 3 is 2.28 bits per heavy atom. The lowest BCUT2D eigenvalue weighted by Crippen LogP contribution is -2.46. The van der Waals surface area contributed by atoms with Crippen LogP contribution in [0, 0.1) is 30.6 Å². The number of carbonyl (C=O) groups excluding carboxylic acids is 3. The van der Waals surface area contributed by atoms with Crippen LogP contribution in [0.4, 0.5) is 5.69 Å². The average molecular weight is 845 g/mol. The van der Waals surface area contributed by atoms with Gasteiger partial charge in [0.2, 0.25) is 0 Å². The van der Waals surface area contributed by atoms with E-state index >= 15 is 0 Å². The number of ether oxygens (including phenoxy) is 4. The van der Waals surface area contributed by atoms with Gasteiger partial charge in [0.25, 0.3) is 11.7 Å². The van der Waals surface area contributed by atoms with Crippen LogP contribution in [0.15, 0.2) is 71.6 Å². The molecule has 15 nitrogen and oxygen atoms in total. The van der Waals surface area contributed by atoms with Gasteiger partial charge in [-0.15, -0.1) is 0 Å². The van der Waals surface area contributed by atoms with Crippen LogP contribution in [-0.2, 0) is 35.1 Å². The second-order valence-electron chi connectivity index (χ2n) is 15.9. The van der Waals surface area contributed by atoms with E-state index < -0.39 is 88.8 Å². The minimum absolute atomic E-state index is 0.0298. The fourth-order valence-electron chi connectivity index (χ4n) is 7.82. The maximum atomic E-state index is 14.4. The molecule has 0 saturated heterocycles. The first-order valence-electron chi connectivity index (χ1n) is 20.1. The molecule has 9 atom stereocenters. The number of phenols is 3. The number of fused-ring (bicyclic) bond motifs is 14. The van der Waals surface area contributed by atoms with Crippen molar-refractivity contribution in [3.63, 3.8) is 0 Å². The Kier molecular flexibility index (Phi) is 14.5. The number of anilines is 1. The molecule has 0 aliphatic carbocycles. The van der Waals surface area contributed by atoms with Crippen LogP contribution < -0.4 is 10.1 Å². The molecule has 0 fully saturated rings. The number of methoxy groups -OCH3 is 1. The molecule has 328 valence electrons. The van der Waals surface area contributed by atoms with Gasteiger partial charge in [0, 0.05) is 67.6 Å². The van der Waals surface area contributed by atoms with E-state index in [1.807, 2.05) is 30.3 Å². The Morgan fingerprint density at radius 2 is 1.62 bits per heavy atom. The zero-order valence-electron chi connectivity index (χ0n) is 35.8. The average Bonchev–Trinajstić information content (AvgIpc) is 3.50. The Balaban J connectivity index is 1.67. The van der Waals surface area contributed by atoms with E-state index in [4.69, 9.17) is 23.8 Å². The fraction of sp³-hybridized carbons (Fsp3) is 0.435. The molecule has 0 saturated carbocycles. The van der Waals surface area contributed by atoms with Crippen LogP contribution in [0.25, 0.3) is 10.8 Å². The monoisotopic (exact) mass is 844 g/mol. The number of Topliss-reactive ketones (excluding diaryl/α,β-unsaturated/α-hetero) is 1. The predicted octanol–water partition coefficient (Wildman–Crippen LogP) is 6.35. The van der Waals surface area contributed by atoms with E-state index in [0.29, 0.717) is 6.42 Å². The highest BCUT2D eigenvalue weighted by Gasteiger charge is 2.50. The van der Waals surface area contributed by atoms with Crippen molar-refractivity contribution in [2.24, 2.45) is 28.8 Å². The summed E-state index contributed by atoms with van der Waals surface area (Å²) >= 11 is 0. The van der Waals surface area contributed by atoms with Gasteiger partial charge in [0.15, 0.2) is 5.75 Å². The van der Waals surface area contributed by atoms with E-state index in [-0.39, 0.29) is 51.1 Å². The fourth-order valence-corrected chi connectivity index (χ4v) is 7.82. The molecule has 3 heterocycles. The molecule has 6 N–H and O–H groups in total. The second kappa shape index (κ2) is 19.2. The largest absolute Gasteiger partial charge is 0.507 e. The molecular formula is C46H56N2O13. The number of allylic oxidation sites excluding steroid dienone is 2. The van der Waals surface area contributed by atoms with Gasteiger partial charge in [-0.1, -0.05) is 81.4 Å². The molecule has 6 rings (SSSR count). The Bertz CT molecular complexity index is 2250. The number of aromatic hydroxyl groups is 3. The lowest BCUT2D eigenvalue weighted by molar-refractivity contribution is -0.160. The van der Waals surface area contributed by atoms with Gasteiger partial charge in [-0.25, -0.2) is 0 Å². The van der Waals surface area contributed by atoms with Gasteiger partial charge in [-0.05, 0) is 25.5 Å². The molecule has 3 aromatic carbocycles. The van der Waals surface area contributed by atoms with E-state index in [1.165, 1.54) is 53.2 Å². The van der Waals surface area contributed by atoms with Crippen molar-refractivity contribution < 1.29 is 63.7 Å². The zero-order chi connectivity index (χ0) is 44.9. The Labute approximate surface area is 354 Å². The van der Waals surface area contributed by atoms with Crippen LogP contribution in [-0.4, -0.2) is 93.3 Å². The molecule has 0 unspecified atom stereocenters. The number of carbonyl (C=O) groups is 3. The summed E-state index contributed by atoms with van der Waals surface area (Å²) in [6.07, 6.45) is 5.01. The standard InChI is InChI=1S/C46H56N2O13/c1-23-14-13-15-24(2)45(56)48-36-31(22-47-59-21-18-30-16-11-10-12-17-30)40(53)33-34(41(36)54)39(52)28(6)43-35(33)44(55)46(8,61-43)58-20-19-32(57-9)25(3)42(60-29(7)49)27(5)38(51)26(4)37(23)50/h10-17,19-20,22-23,25-27,32,37-38,42,50-54H,18,21H2,1-9H3,(H,48,56)/b14-13+,20-19+,24-15-,47-22-/t23-,25-,26-,27-,32+,37+,38-,42-,46+/m1/s1. The molecule has 15 heteroatoms. The minimum Gasteiger partial charge on any atom is -0.507 e. The first kappa shape index (κ1) is 46.2. The minimum atomic E-state index is -2.07. The highest BCUT2D eigenvalue weighted by Crippen LogP contribution is 2.55. The number of phenolic OH excluding ortho intramolecular Hbond substituents is 3. The van der Waals surface area contributed by atoms with E-state index in [9.17, 15) is 39.9 Å². The Hall–Kier alpha value is -5.90. The molecule has 3 aliphatic rings. The smallest absolute Gasteiger partial charge is 0.312 e. The molecule has 0 radical (unpaired) electrons. The third kappa shape index (κ3) is 9.54. The van der Waals surface area contributed by atoms with E-state index in [1.54, 1.807) is 39.8 Å². The van der Waals surface area contributed by atoms with Crippen molar-refractivity contribution in [3.8, 4) is 23.0 Å². The topological polar surface area (TPSA) is 223 Å². The maximum absolute atomic E-state index is 14.4. The quantitative estimate of drug-likeness (QED) is 0.0382. The van der Waals surface area contributed by atoms with Crippen molar-refractivity contribution in [1.29, 1.82) is 0 Å². The molecule has 0 aromatic heterocycles. The van der Waals surface area contributed by atoms with Gasteiger partial charge in [-0.2, -0.15) is 0 Å². The summed E-state index contributed by atoms with van der Waals surface area (Å²) in [6.45, 7) is 12.6. The van der Waals surface area contributed by atoms with Crippen LogP contribution in [0.1, 0.15) is 75.5 Å². The first-order chi connectivity index (χ1) is 28.8. The SMILES string of the molecule is CO[C@H]1/C=C/O[C@@]2(C)Oc3c(C)c(O)c4c(O)c(c(/C=N\OCCc5ccccc5)c(O)c4c3C2=O)NC(=O)/C(C)=C\C=C\[C@@H](C)[C@H](O)[C@@H](C)[C@@H](O)[C@@H](C)[C@H](OC(C)=O)[C@@H]1C. The first-order valence-corrected chi connectivity index (χ1v) is 20.1. The number of aliphatic hydroxyl groups is 2. The molecule has 1 amide bonds. The molecule has 3 aromatic rings. The van der Waals surface area contributed by atoms with Crippen LogP contribution >= 0.6 is 0 Å². The van der Waals surface area contributed by atoms with Crippen LogP contribution in [0.3, 0.4) is 0 Å². The summed E-state index contributed by atoms with van der Waals surface area (Å²) in [4.78, 5) is 46.0. The summed E-state index contributed by atoms with van der Waals surface area (Å²) in [7, 11) is 1.43. The number of rotatable bonds is 7. The van der Waals surface area contributed by atoms with Crippen molar-refractivity contribution in [1.82, 2.24) is 0 Å². The van der Waals surface area contributed by atoms with Gasteiger partial charge in [0.1, 0.15) is 30.0 Å². The second-order valence-corrected chi connectivity index (χ2v) is 15.9. The van der Waals surface area contributed by atoms with Crippen molar-refractivity contribution in [2.45, 2.75) is 92.0 Å². The number of oxime groups is 1. The highest BCUT2D eigenvalue weighted by molar-refractivity contribution is 6.23. The summed E-state index contributed by atoms with van der Waals surface area (Å²) in [5.74, 6) is -8.70. The number of hydrogen-bond acceptors (Lipinski definition) is 14. The lowest BCUT2D eigenvalue weighted by Gasteiger charge is -2.38. The number of esters is 1. The van der Waals surface area contributed by atoms with Gasteiger partial charge in [-0.3, -0.25) is 14.4 Å². The summed E-state index contributed by atoms with van der Waals surface area (Å²) < 4.78 is 23.5. The van der Waals surface area contributed by atoms with Gasteiger partial charge < -0.3 is 54.6 Å². The van der Waals surface area contributed by atoms with Crippen LogP contribution in [0.2, 0.25) is 0 Å². The summed E-state index contributed by atoms with van der Waals surface area (Å²) in [5.41, 5.74) is 0.345. The predicted molar refractivity (Wildman–Crippen MR) is 228 cm³/mol. The number of nitrogens with one attached hydrogen (secondary N) is 1. The molecule has 0 spiro atoms. The van der Waals surface area contributed by atoms with Crippen molar-refractivity contribution in [2.75, 3.05) is 19.0 Å². The summed E-state index contributed by atoms with van der Waals surface area (Å²) in [6, 6.07) is 9.50. The van der Waals surface area contributed by atoms with Crippen molar-refractivity contribution >= 4 is 40.3 Å². The van der Waals surface area contributed by atoms with Gasteiger partial charge in [0.05, 0.1) is 53.0 Å². The maximum Gasteiger partial charge on any atom is 0.312 e. The molecule has 3 aliphatic heterocycles. The molecule has 5 bridgehead atoms. The van der Waals surface area contributed by atoms with Gasteiger partial charge >= 0.3 is 11.8 Å². The zero-order valence-corrected chi connectivity index (χ0v) is 35.8. The Morgan fingerprint density at radius 1 is 0.934 bits per heavy atom. The lowest BCUT2D eigenvalue weighted by atomic mass is 9.78. The normalized spacial score (nSPS) is 29.4. The molecule has 61 heavy (non-hydrogen) atoms. The number of hydrogen-bond donors (Lipinski definition) is 6. The molecular weight excluding hydrogens is 789 g/mol. The third-order valence-electron chi connectivity index (χ3n) is 11.6. The highest BCUT2D eigenvalue weighted by atomic mass is 16.7. The number of ketones is 1. The van der Waals surface area contributed by atoms with E-state index in [0.717, 1.165) is 11.8 Å². The number of nitrogens with zero attached hydrogens (tertiary/aromatic N) is 1. The number of benzene rings is 3. The van der Waals surface area contributed by atoms with Crippen LogP contribution in [0.5, 0.6) is 23.0 Å². The van der Waals surface area contributed by atoms with E-state index in [2.05, 4.69) is 10.5 Å². The number of amides is 1. The summed E-state index contributed by atoms with van der Waals surface area (Å²) in [5, 5.41) is 64.3. The number of aliphatic hydroxyl groups excluding tert-OH is 2. The van der Waals surface area contributed by atoms with Crippen molar-refractivity contribution in [3.05, 3.63) is 88.7 Å².